The Balaban J connectivity index is 1.46. The molecular weight excluding hydrogens is 576 g/mol. The van der Waals surface area contributed by atoms with Crippen LogP contribution in [0, 0.1) is 27.2 Å². The number of nitro groups is 2. The Labute approximate surface area is 264 Å². The predicted molar refractivity (Wildman–Crippen MR) is 174 cm³/mol. The average Bonchev–Trinajstić information content (AvgIpc) is 3.02. The number of para-hydroxylation sites is 2. The maximum absolute atomic E-state index is 13.2. The number of nitrogens with one attached hydrogen (secondary N) is 2. The first-order valence-corrected chi connectivity index (χ1v) is 16.1. The Morgan fingerprint density at radius 2 is 1.11 bits per heavy atom. The van der Waals surface area contributed by atoms with E-state index in [2.05, 4.69) is 13.8 Å². The summed E-state index contributed by atoms with van der Waals surface area (Å²) in [6.45, 7) is 11.5. The highest BCUT2D eigenvalue weighted by Gasteiger charge is 2.18. The Morgan fingerprint density at radius 3 is 1.56 bits per heavy atom. The molecule has 1 aromatic heterocycles. The summed E-state index contributed by atoms with van der Waals surface area (Å²) in [7, 11) is 0. The topological polar surface area (TPSA) is 139 Å². The zero-order valence-corrected chi connectivity index (χ0v) is 26.8. The van der Waals surface area contributed by atoms with Crippen molar-refractivity contribution in [3.8, 4) is 0 Å². The molecule has 12 heteroatoms. The maximum atomic E-state index is 13.2. The first-order valence-electron chi connectivity index (χ1n) is 16.1. The van der Waals surface area contributed by atoms with Crippen LogP contribution in [0.25, 0.3) is 0 Å². The molecule has 0 fully saturated rings. The van der Waals surface area contributed by atoms with Crippen LogP contribution in [0.1, 0.15) is 69.2 Å². The number of nitrogens with zero attached hydrogens (tertiary/aromatic N) is 4. The van der Waals surface area contributed by atoms with Gasteiger partial charge in [-0.25, -0.2) is 4.79 Å². The maximum Gasteiger partial charge on any atom is 0.331 e. The summed E-state index contributed by atoms with van der Waals surface area (Å²) in [5.74, 6) is 0. The minimum atomic E-state index is -0.333. The van der Waals surface area contributed by atoms with Gasteiger partial charge in [0, 0.05) is 37.0 Å². The van der Waals surface area contributed by atoms with Crippen molar-refractivity contribution in [1.29, 1.82) is 0 Å². The standard InChI is InChI=1S/C33H46N6O6/c1-4-34(25-28-16-8-10-18-30(28)38(42)43)20-12-6-14-22-36-27(3)24-32(40)37(33(36)41)23-15-7-13-21-35(5-2)26-29-17-9-11-19-31(29)39(44)45/h8-11,16-19,24H,4-7,12-15,20-23,25-26H2,1-3H3/p+2. The molecule has 0 spiro atoms. The third-order valence-electron chi connectivity index (χ3n) is 8.57. The molecule has 2 N–H and O–H groups in total. The zero-order valence-electron chi connectivity index (χ0n) is 26.8. The lowest BCUT2D eigenvalue weighted by Gasteiger charge is -2.18. The van der Waals surface area contributed by atoms with Crippen molar-refractivity contribution in [3.63, 3.8) is 0 Å². The van der Waals surface area contributed by atoms with E-state index in [1.54, 1.807) is 35.8 Å². The lowest BCUT2D eigenvalue weighted by molar-refractivity contribution is -0.912. The van der Waals surface area contributed by atoms with Crippen LogP contribution in [0.5, 0.6) is 0 Å². The molecule has 0 saturated carbocycles. The van der Waals surface area contributed by atoms with Crippen LogP contribution in [0.15, 0.2) is 64.2 Å². The molecule has 0 aliphatic carbocycles. The van der Waals surface area contributed by atoms with Gasteiger partial charge in [-0.2, -0.15) is 0 Å². The molecule has 0 amide bonds. The summed E-state index contributed by atoms with van der Waals surface area (Å²) in [6.07, 6.45) is 5.10. The molecule has 2 atom stereocenters. The largest absolute Gasteiger partial charge is 0.331 e. The van der Waals surface area contributed by atoms with Crippen molar-refractivity contribution < 1.29 is 19.6 Å². The summed E-state index contributed by atoms with van der Waals surface area (Å²) in [5, 5.41) is 22.7. The van der Waals surface area contributed by atoms with E-state index >= 15 is 0 Å². The fraction of sp³-hybridized carbons (Fsp3) is 0.515. The van der Waals surface area contributed by atoms with E-state index in [1.807, 2.05) is 24.3 Å². The molecule has 0 bridgehead atoms. The summed E-state index contributed by atoms with van der Waals surface area (Å²) in [6, 6.07) is 15.3. The van der Waals surface area contributed by atoms with Crippen LogP contribution >= 0.6 is 0 Å². The number of aryl methyl sites for hydroxylation is 1. The summed E-state index contributed by atoms with van der Waals surface area (Å²) >= 11 is 0. The molecule has 0 aliphatic heterocycles. The molecular formula is C33H48N6O6+2. The van der Waals surface area contributed by atoms with Gasteiger partial charge in [-0.05, 0) is 71.4 Å². The summed E-state index contributed by atoms with van der Waals surface area (Å²) in [5.41, 5.74) is 1.90. The molecule has 3 aromatic rings. The fourth-order valence-corrected chi connectivity index (χ4v) is 5.84. The van der Waals surface area contributed by atoms with Gasteiger partial charge in [0.25, 0.3) is 16.9 Å². The smallest absolute Gasteiger partial charge is 0.331 e. The lowest BCUT2D eigenvalue weighted by Crippen LogP contribution is -3.10. The Kier molecular flexibility index (Phi) is 14.1. The van der Waals surface area contributed by atoms with Gasteiger partial charge in [0.2, 0.25) is 0 Å². The first-order chi connectivity index (χ1) is 21.7. The number of hydrogen-bond donors (Lipinski definition) is 2. The minimum Gasteiger partial charge on any atom is -0.331 e. The third kappa shape index (κ3) is 10.5. The van der Waals surface area contributed by atoms with Gasteiger partial charge in [0.15, 0.2) is 0 Å². The molecule has 0 aliphatic rings. The van der Waals surface area contributed by atoms with Crippen molar-refractivity contribution >= 4 is 11.4 Å². The molecule has 12 nitrogen and oxygen atoms in total. The van der Waals surface area contributed by atoms with Crippen LogP contribution in [-0.2, 0) is 26.2 Å². The number of quaternary nitrogens is 2. The SMILES string of the molecule is CC[NH+](CCCCCn1c(C)cc(=O)n(CCCCC[NH+](CC)Cc2ccccc2[N+](=O)[O-])c1=O)Cc1ccccc1[N+](=O)[O-]. The Morgan fingerprint density at radius 1 is 0.667 bits per heavy atom. The second-order valence-corrected chi connectivity index (χ2v) is 11.7. The van der Waals surface area contributed by atoms with E-state index in [0.29, 0.717) is 38.3 Å². The molecule has 2 unspecified atom stereocenters. The van der Waals surface area contributed by atoms with Crippen LogP contribution < -0.4 is 21.0 Å². The zero-order chi connectivity index (χ0) is 32.8. The highest BCUT2D eigenvalue weighted by atomic mass is 16.6. The van der Waals surface area contributed by atoms with E-state index in [0.717, 1.165) is 69.4 Å². The van der Waals surface area contributed by atoms with Gasteiger partial charge in [-0.15, -0.1) is 0 Å². The third-order valence-corrected chi connectivity index (χ3v) is 8.57. The van der Waals surface area contributed by atoms with Crippen LogP contribution in [0.2, 0.25) is 0 Å². The van der Waals surface area contributed by atoms with E-state index in [1.165, 1.54) is 20.4 Å². The van der Waals surface area contributed by atoms with Crippen molar-refractivity contribution in [3.05, 3.63) is 112 Å². The van der Waals surface area contributed by atoms with Crippen LogP contribution in [-0.4, -0.2) is 45.2 Å². The molecule has 0 saturated heterocycles. The highest BCUT2D eigenvalue weighted by molar-refractivity contribution is 5.39. The molecule has 45 heavy (non-hydrogen) atoms. The second-order valence-electron chi connectivity index (χ2n) is 11.7. The monoisotopic (exact) mass is 624 g/mol. The Hall–Kier alpha value is -4.16. The van der Waals surface area contributed by atoms with Gasteiger partial charge in [-0.1, -0.05) is 24.3 Å². The van der Waals surface area contributed by atoms with E-state index in [4.69, 9.17) is 0 Å². The van der Waals surface area contributed by atoms with Crippen molar-refractivity contribution in [2.75, 3.05) is 26.2 Å². The van der Waals surface area contributed by atoms with E-state index in [-0.39, 0.29) is 32.5 Å². The van der Waals surface area contributed by atoms with Crippen LogP contribution in [0.3, 0.4) is 0 Å². The number of unbranched alkanes of at least 4 members (excludes halogenated alkanes) is 4. The van der Waals surface area contributed by atoms with Crippen LogP contribution in [0.4, 0.5) is 11.4 Å². The number of aromatic nitrogens is 2. The molecule has 2 aromatic carbocycles. The van der Waals surface area contributed by atoms with Gasteiger partial charge in [-0.3, -0.25) is 34.2 Å². The van der Waals surface area contributed by atoms with Crippen molar-refractivity contribution in [2.24, 2.45) is 0 Å². The number of benzene rings is 2. The number of rotatable bonds is 20. The Bertz CT molecular complexity index is 1530. The highest BCUT2D eigenvalue weighted by Crippen LogP contribution is 2.17. The molecule has 3 rings (SSSR count). The fourth-order valence-electron chi connectivity index (χ4n) is 5.84. The number of hydrogen-bond acceptors (Lipinski definition) is 6. The molecule has 0 radical (unpaired) electrons. The van der Waals surface area contributed by atoms with E-state index < -0.39 is 0 Å². The lowest BCUT2D eigenvalue weighted by atomic mass is 10.1. The van der Waals surface area contributed by atoms with Gasteiger partial charge in [0.05, 0.1) is 47.2 Å². The minimum absolute atomic E-state index is 0.152. The van der Waals surface area contributed by atoms with Gasteiger partial charge < -0.3 is 9.80 Å². The van der Waals surface area contributed by atoms with Crippen molar-refractivity contribution in [1.82, 2.24) is 9.13 Å². The number of nitro benzene ring substituents is 2. The summed E-state index contributed by atoms with van der Waals surface area (Å²) < 4.78 is 3.02. The van der Waals surface area contributed by atoms with E-state index in [9.17, 15) is 29.8 Å². The molecule has 1 heterocycles. The average molecular weight is 625 g/mol. The van der Waals surface area contributed by atoms with Gasteiger partial charge >= 0.3 is 5.69 Å². The second kappa shape index (κ2) is 18.0. The first kappa shape index (κ1) is 35.3. The van der Waals surface area contributed by atoms with Crippen molar-refractivity contribution in [2.45, 2.75) is 85.5 Å². The quantitative estimate of drug-likeness (QED) is 0.113. The molecule has 244 valence electrons. The normalized spacial score (nSPS) is 12.6. The predicted octanol–water partition coefficient (Wildman–Crippen LogP) is 2.69. The van der Waals surface area contributed by atoms with Gasteiger partial charge in [0.1, 0.15) is 13.1 Å². The summed E-state index contributed by atoms with van der Waals surface area (Å²) in [4.78, 5) is 50.5.